The summed E-state index contributed by atoms with van der Waals surface area (Å²) in [6, 6.07) is 9.56. The van der Waals surface area contributed by atoms with Crippen LogP contribution in [0.1, 0.15) is 44.1 Å². The van der Waals surface area contributed by atoms with Gasteiger partial charge in [0.25, 0.3) is 0 Å². The predicted molar refractivity (Wildman–Crippen MR) is 83.1 cm³/mol. The number of rotatable bonds is 7. The Morgan fingerprint density at radius 3 is 2.55 bits per heavy atom. The van der Waals surface area contributed by atoms with Crippen LogP contribution in [0, 0.1) is 5.92 Å². The second-order valence-electron chi connectivity index (χ2n) is 6.14. The minimum atomic E-state index is -2.04. The van der Waals surface area contributed by atoms with E-state index in [9.17, 15) is 4.79 Å². The molecule has 1 saturated carbocycles. The Bertz CT molecular complexity index is 457. The van der Waals surface area contributed by atoms with Crippen LogP contribution in [-0.2, 0) is 20.9 Å². The van der Waals surface area contributed by atoms with Crippen molar-refractivity contribution in [3.05, 3.63) is 35.9 Å². The lowest BCUT2D eigenvalue weighted by Gasteiger charge is -2.29. The summed E-state index contributed by atoms with van der Waals surface area (Å²) in [7, 11) is 1.23. The van der Waals surface area contributed by atoms with Gasteiger partial charge in [0.1, 0.15) is 0 Å². The number of alkyl halides is 1. The van der Waals surface area contributed by atoms with E-state index in [-0.39, 0.29) is 18.9 Å². The summed E-state index contributed by atoms with van der Waals surface area (Å²) < 4.78 is 25.2. The summed E-state index contributed by atoms with van der Waals surface area (Å²) in [6.07, 6.45) is 5.62. The first-order valence-corrected chi connectivity index (χ1v) is 8.03. The smallest absolute Gasteiger partial charge is 0.346 e. The van der Waals surface area contributed by atoms with Gasteiger partial charge in [0.2, 0.25) is 5.67 Å². The van der Waals surface area contributed by atoms with E-state index in [0.717, 1.165) is 31.2 Å². The van der Waals surface area contributed by atoms with Gasteiger partial charge < -0.3 is 9.47 Å². The molecule has 1 fully saturated rings. The maximum Gasteiger partial charge on any atom is 0.346 e. The highest BCUT2D eigenvalue weighted by molar-refractivity contribution is 5.79. The molecule has 0 spiro atoms. The molecule has 1 aliphatic carbocycles. The first kappa shape index (κ1) is 16.9. The summed E-state index contributed by atoms with van der Waals surface area (Å²) in [5.41, 5.74) is -1.07. The van der Waals surface area contributed by atoms with Crippen molar-refractivity contribution in [1.82, 2.24) is 0 Å². The quantitative estimate of drug-likeness (QED) is 0.713. The van der Waals surface area contributed by atoms with Crippen molar-refractivity contribution in [2.45, 2.75) is 50.8 Å². The predicted octanol–water partition coefficient (Wildman–Crippen LogP) is 4.05. The van der Waals surface area contributed by atoms with Gasteiger partial charge in [-0.2, -0.15) is 0 Å². The zero-order valence-corrected chi connectivity index (χ0v) is 13.2. The first-order valence-electron chi connectivity index (χ1n) is 8.03. The van der Waals surface area contributed by atoms with Crippen LogP contribution in [0.3, 0.4) is 0 Å². The topological polar surface area (TPSA) is 35.5 Å². The summed E-state index contributed by atoms with van der Waals surface area (Å²) in [5.74, 6) is -0.565. The van der Waals surface area contributed by atoms with Crippen molar-refractivity contribution in [3.8, 4) is 0 Å². The van der Waals surface area contributed by atoms with E-state index in [1.54, 1.807) is 0 Å². The summed E-state index contributed by atoms with van der Waals surface area (Å²) in [6.45, 7) is 0.0548. The van der Waals surface area contributed by atoms with E-state index < -0.39 is 11.6 Å². The monoisotopic (exact) mass is 308 g/mol. The van der Waals surface area contributed by atoms with Crippen molar-refractivity contribution < 1.29 is 18.7 Å². The standard InChI is InChI=1S/C18H25FO3/c1-21-17(20)18(19,12-15-8-4-2-5-9-15)14-22-13-16-10-6-3-7-11-16/h3,6-7,10-11,15H,2,4-5,8-9,12-14H2,1H3/t18-/m0/s1. The van der Waals surface area contributed by atoms with Crippen molar-refractivity contribution in [2.75, 3.05) is 13.7 Å². The van der Waals surface area contributed by atoms with Crippen LogP contribution in [0.2, 0.25) is 0 Å². The Morgan fingerprint density at radius 2 is 1.91 bits per heavy atom. The molecule has 1 aliphatic rings. The Hall–Kier alpha value is -1.42. The fourth-order valence-corrected chi connectivity index (χ4v) is 3.14. The molecule has 1 aromatic carbocycles. The summed E-state index contributed by atoms with van der Waals surface area (Å²) in [5, 5.41) is 0. The Kier molecular flexibility index (Phi) is 6.37. The van der Waals surface area contributed by atoms with Gasteiger partial charge in [-0.25, -0.2) is 9.18 Å². The van der Waals surface area contributed by atoms with E-state index in [1.807, 2.05) is 30.3 Å². The zero-order valence-electron chi connectivity index (χ0n) is 13.2. The lowest BCUT2D eigenvalue weighted by atomic mass is 9.82. The molecule has 0 saturated heterocycles. The maximum absolute atomic E-state index is 15.1. The van der Waals surface area contributed by atoms with Gasteiger partial charge in [-0.3, -0.25) is 0 Å². The largest absolute Gasteiger partial charge is 0.467 e. The molecule has 4 heteroatoms. The SMILES string of the molecule is COC(=O)[C@@](F)(COCc1ccccc1)CC1CCCCC1. The number of methoxy groups -OCH3 is 1. The third kappa shape index (κ3) is 4.80. The van der Waals surface area contributed by atoms with Gasteiger partial charge >= 0.3 is 5.97 Å². The number of carbonyl (C=O) groups is 1. The average molecular weight is 308 g/mol. The normalized spacial score (nSPS) is 18.6. The number of esters is 1. The molecule has 0 radical (unpaired) electrons. The van der Waals surface area contributed by atoms with Gasteiger partial charge in [-0.1, -0.05) is 62.4 Å². The molecule has 3 nitrogen and oxygen atoms in total. The Morgan fingerprint density at radius 1 is 1.23 bits per heavy atom. The van der Waals surface area contributed by atoms with Gasteiger partial charge in [0.05, 0.1) is 20.3 Å². The molecule has 0 N–H and O–H groups in total. The number of ether oxygens (including phenoxy) is 2. The van der Waals surface area contributed by atoms with Crippen molar-refractivity contribution >= 4 is 5.97 Å². The molecular formula is C18H25FO3. The highest BCUT2D eigenvalue weighted by Gasteiger charge is 2.42. The number of carbonyl (C=O) groups excluding carboxylic acids is 1. The minimum Gasteiger partial charge on any atom is -0.467 e. The second kappa shape index (κ2) is 8.28. The molecule has 0 aromatic heterocycles. The highest BCUT2D eigenvalue weighted by atomic mass is 19.1. The molecule has 0 unspecified atom stereocenters. The van der Waals surface area contributed by atoms with Crippen LogP contribution >= 0.6 is 0 Å². The van der Waals surface area contributed by atoms with Crippen molar-refractivity contribution in [1.29, 1.82) is 0 Å². The third-order valence-electron chi connectivity index (χ3n) is 4.33. The number of hydrogen-bond acceptors (Lipinski definition) is 3. The molecule has 2 rings (SSSR count). The van der Waals surface area contributed by atoms with Crippen molar-refractivity contribution in [2.24, 2.45) is 5.92 Å². The van der Waals surface area contributed by atoms with Gasteiger partial charge in [-0.05, 0) is 17.9 Å². The zero-order chi connectivity index (χ0) is 15.8. The number of benzene rings is 1. The van der Waals surface area contributed by atoms with Gasteiger partial charge in [0, 0.05) is 0 Å². The third-order valence-corrected chi connectivity index (χ3v) is 4.33. The van der Waals surface area contributed by atoms with Crippen LogP contribution in [0.4, 0.5) is 4.39 Å². The molecule has 122 valence electrons. The lowest BCUT2D eigenvalue weighted by molar-refractivity contribution is -0.161. The molecular weight excluding hydrogens is 283 g/mol. The van der Waals surface area contributed by atoms with E-state index in [2.05, 4.69) is 4.74 Å². The minimum absolute atomic E-state index is 0.203. The van der Waals surface area contributed by atoms with Gasteiger partial charge in [-0.15, -0.1) is 0 Å². The van der Waals surface area contributed by atoms with E-state index >= 15 is 4.39 Å². The lowest BCUT2D eigenvalue weighted by Crippen LogP contribution is -2.42. The first-order chi connectivity index (χ1) is 10.6. The molecule has 0 amide bonds. The Labute approximate surface area is 131 Å². The number of halogens is 1. The molecule has 22 heavy (non-hydrogen) atoms. The number of hydrogen-bond donors (Lipinski definition) is 0. The van der Waals surface area contributed by atoms with Crippen LogP contribution in [0.5, 0.6) is 0 Å². The highest BCUT2D eigenvalue weighted by Crippen LogP contribution is 2.33. The van der Waals surface area contributed by atoms with Crippen molar-refractivity contribution in [3.63, 3.8) is 0 Å². The summed E-state index contributed by atoms with van der Waals surface area (Å²) >= 11 is 0. The van der Waals surface area contributed by atoms with E-state index in [0.29, 0.717) is 6.61 Å². The fourth-order valence-electron chi connectivity index (χ4n) is 3.14. The molecule has 1 aromatic rings. The molecule has 0 bridgehead atoms. The Balaban J connectivity index is 1.91. The average Bonchev–Trinajstić information content (AvgIpc) is 2.56. The summed E-state index contributed by atoms with van der Waals surface area (Å²) in [4.78, 5) is 11.9. The van der Waals surface area contributed by atoms with E-state index in [1.165, 1.54) is 13.5 Å². The molecule has 0 aliphatic heterocycles. The van der Waals surface area contributed by atoms with Crippen LogP contribution in [0.25, 0.3) is 0 Å². The fraction of sp³-hybridized carbons (Fsp3) is 0.611. The van der Waals surface area contributed by atoms with Gasteiger partial charge in [0.15, 0.2) is 0 Å². The van der Waals surface area contributed by atoms with Crippen LogP contribution in [-0.4, -0.2) is 25.4 Å². The van der Waals surface area contributed by atoms with Crippen LogP contribution in [0.15, 0.2) is 30.3 Å². The molecule has 1 atom stereocenters. The maximum atomic E-state index is 15.1. The second-order valence-corrected chi connectivity index (χ2v) is 6.14. The van der Waals surface area contributed by atoms with E-state index in [4.69, 9.17) is 4.74 Å². The van der Waals surface area contributed by atoms with Crippen LogP contribution < -0.4 is 0 Å². The molecule has 0 heterocycles.